The maximum Gasteiger partial charge on any atom is 0.232 e. The zero-order valence-corrected chi connectivity index (χ0v) is 24.1. The van der Waals surface area contributed by atoms with E-state index in [1.54, 1.807) is 21.3 Å². The van der Waals surface area contributed by atoms with Crippen LogP contribution in [0.1, 0.15) is 39.5 Å². The highest BCUT2D eigenvalue weighted by Crippen LogP contribution is 2.44. The number of ether oxygens (including phenoxy) is 5. The normalized spacial score (nSPS) is 15.4. The molecular weight excluding hydrogens is 520 g/mol. The number of methoxy groups -OCH3 is 3. The van der Waals surface area contributed by atoms with Crippen LogP contribution in [-0.4, -0.2) is 49.9 Å². The second kappa shape index (κ2) is 10.9. The van der Waals surface area contributed by atoms with Crippen LogP contribution in [0.15, 0.2) is 54.4 Å². The quantitative estimate of drug-likeness (QED) is 0.247. The lowest BCUT2D eigenvalue weighted by atomic mass is 9.98. The summed E-state index contributed by atoms with van der Waals surface area (Å²) in [5.41, 5.74) is 5.49. The summed E-state index contributed by atoms with van der Waals surface area (Å²) in [5.74, 6) is 3.77. The zero-order valence-electron chi connectivity index (χ0n) is 24.1. The van der Waals surface area contributed by atoms with Crippen LogP contribution in [0.25, 0.3) is 17.0 Å². The monoisotopic (exact) mass is 554 g/mol. The number of carbonyl (C=O) groups excluding carboxylic acids is 1. The molecule has 4 aromatic rings. The lowest BCUT2D eigenvalue weighted by molar-refractivity contribution is 0.0949. The van der Waals surface area contributed by atoms with Gasteiger partial charge in [0.1, 0.15) is 24.0 Å². The summed E-state index contributed by atoms with van der Waals surface area (Å²) < 4.78 is 30.9. The van der Waals surface area contributed by atoms with Gasteiger partial charge in [-0.05, 0) is 73.9 Å². The number of rotatable bonds is 8. The fraction of sp³-hybridized carbons (Fsp3) is 0.303. The van der Waals surface area contributed by atoms with Gasteiger partial charge in [-0.2, -0.15) is 0 Å². The molecule has 0 amide bonds. The van der Waals surface area contributed by atoms with Crippen LogP contribution >= 0.6 is 0 Å². The molecule has 0 radical (unpaired) electrons. The summed E-state index contributed by atoms with van der Waals surface area (Å²) in [4.78, 5) is 15.9. The van der Waals surface area contributed by atoms with E-state index in [1.807, 2.05) is 55.5 Å². The predicted octanol–water partition coefficient (Wildman–Crippen LogP) is 6.01. The van der Waals surface area contributed by atoms with E-state index in [2.05, 4.69) is 22.6 Å². The van der Waals surface area contributed by atoms with Crippen LogP contribution in [-0.2, 0) is 19.5 Å². The van der Waals surface area contributed by atoms with E-state index in [-0.39, 0.29) is 5.78 Å². The van der Waals surface area contributed by atoms with Gasteiger partial charge < -0.3 is 28.3 Å². The molecule has 212 valence electrons. The van der Waals surface area contributed by atoms with Crippen LogP contribution in [0, 0.1) is 6.92 Å². The van der Waals surface area contributed by atoms with Gasteiger partial charge in [0.15, 0.2) is 17.3 Å². The number of hydrogen-bond acceptors (Lipinski definition) is 7. The van der Waals surface area contributed by atoms with Crippen molar-refractivity contribution in [3.05, 3.63) is 82.2 Å². The second-order valence-corrected chi connectivity index (χ2v) is 10.3. The molecule has 0 fully saturated rings. The standard InChI is InChI=1S/C33H34N2O6/c1-6-35-17-22(24-16-23(37-3)8-9-26(24)35)15-30-32(36)31-20(2)13-28-25(33(31)41-30)18-34(19-40-28)12-11-21-7-10-27(38-4)29(14-21)39-5/h7-10,13-17H,6,11-12,18-19H2,1-5H3/b30-15+. The van der Waals surface area contributed by atoms with Gasteiger partial charge in [0.25, 0.3) is 0 Å². The van der Waals surface area contributed by atoms with Crippen molar-refractivity contribution >= 4 is 22.8 Å². The Kier molecular flexibility index (Phi) is 7.09. The van der Waals surface area contributed by atoms with E-state index >= 15 is 0 Å². The largest absolute Gasteiger partial charge is 0.497 e. The van der Waals surface area contributed by atoms with Crippen LogP contribution in [0.3, 0.4) is 0 Å². The molecule has 8 nitrogen and oxygen atoms in total. The summed E-state index contributed by atoms with van der Waals surface area (Å²) in [7, 11) is 4.93. The zero-order chi connectivity index (χ0) is 28.7. The van der Waals surface area contributed by atoms with Gasteiger partial charge in [0.05, 0.1) is 32.5 Å². The van der Waals surface area contributed by atoms with Crippen molar-refractivity contribution in [2.24, 2.45) is 0 Å². The van der Waals surface area contributed by atoms with Gasteiger partial charge >= 0.3 is 0 Å². The first-order valence-electron chi connectivity index (χ1n) is 13.8. The fourth-order valence-corrected chi connectivity index (χ4v) is 5.69. The Morgan fingerprint density at radius 2 is 1.83 bits per heavy atom. The number of Topliss-reactive ketones (excluding diaryl/α,β-unsaturated/α-hetero) is 1. The molecule has 0 spiro atoms. The Labute approximate surface area is 239 Å². The predicted molar refractivity (Wildman–Crippen MR) is 157 cm³/mol. The minimum atomic E-state index is -0.108. The number of ketones is 1. The molecule has 1 aromatic heterocycles. The van der Waals surface area contributed by atoms with Crippen LogP contribution in [0.4, 0.5) is 0 Å². The van der Waals surface area contributed by atoms with Crippen molar-refractivity contribution < 1.29 is 28.5 Å². The number of carbonyl (C=O) groups is 1. The Hall–Kier alpha value is -4.43. The minimum absolute atomic E-state index is 0.108. The molecule has 6 rings (SSSR count). The van der Waals surface area contributed by atoms with E-state index in [9.17, 15) is 4.79 Å². The van der Waals surface area contributed by atoms with Gasteiger partial charge in [0, 0.05) is 42.3 Å². The molecule has 0 saturated carbocycles. The first-order valence-corrected chi connectivity index (χ1v) is 13.8. The van der Waals surface area contributed by atoms with Crippen molar-refractivity contribution in [3.63, 3.8) is 0 Å². The summed E-state index contributed by atoms with van der Waals surface area (Å²) >= 11 is 0. The molecule has 2 aliphatic heterocycles. The highest BCUT2D eigenvalue weighted by molar-refractivity contribution is 6.16. The molecule has 0 unspecified atom stereocenters. The van der Waals surface area contributed by atoms with E-state index in [4.69, 9.17) is 23.7 Å². The van der Waals surface area contributed by atoms with E-state index < -0.39 is 0 Å². The SMILES string of the molecule is CCn1cc(/C=C2/Oc3c4c(cc(C)c3C2=O)OCN(CCc2ccc(OC)c(OC)c2)C4)c2cc(OC)ccc21. The summed E-state index contributed by atoms with van der Waals surface area (Å²) in [6.07, 6.45) is 4.71. The third kappa shape index (κ3) is 4.78. The number of hydrogen-bond donors (Lipinski definition) is 0. The number of aromatic nitrogens is 1. The average Bonchev–Trinajstić information content (AvgIpc) is 3.52. The average molecular weight is 555 g/mol. The Morgan fingerprint density at radius 1 is 1.00 bits per heavy atom. The maximum absolute atomic E-state index is 13.6. The second-order valence-electron chi connectivity index (χ2n) is 10.3. The first-order chi connectivity index (χ1) is 19.9. The molecule has 8 heteroatoms. The molecule has 0 N–H and O–H groups in total. The van der Waals surface area contributed by atoms with Crippen LogP contribution in [0.2, 0.25) is 0 Å². The van der Waals surface area contributed by atoms with Crippen molar-refractivity contribution in [3.8, 4) is 28.7 Å². The van der Waals surface area contributed by atoms with Gasteiger partial charge in [-0.25, -0.2) is 0 Å². The van der Waals surface area contributed by atoms with Crippen molar-refractivity contribution in [2.75, 3.05) is 34.6 Å². The van der Waals surface area contributed by atoms with E-state index in [0.717, 1.165) is 64.2 Å². The van der Waals surface area contributed by atoms with Gasteiger partial charge in [-0.15, -0.1) is 0 Å². The molecule has 0 aliphatic carbocycles. The molecule has 0 bridgehead atoms. The van der Waals surface area contributed by atoms with Crippen LogP contribution < -0.4 is 23.7 Å². The fourth-order valence-electron chi connectivity index (χ4n) is 5.69. The Morgan fingerprint density at radius 3 is 2.59 bits per heavy atom. The van der Waals surface area contributed by atoms with Crippen molar-refractivity contribution in [1.29, 1.82) is 0 Å². The molecule has 41 heavy (non-hydrogen) atoms. The van der Waals surface area contributed by atoms with Gasteiger partial charge in [0.2, 0.25) is 5.78 Å². The van der Waals surface area contributed by atoms with Gasteiger partial charge in [-0.3, -0.25) is 9.69 Å². The third-order valence-electron chi connectivity index (χ3n) is 7.90. The van der Waals surface area contributed by atoms with E-state index in [1.165, 1.54) is 0 Å². The van der Waals surface area contributed by atoms with Crippen molar-refractivity contribution in [2.45, 2.75) is 33.4 Å². The number of benzene rings is 3. The third-order valence-corrected chi connectivity index (χ3v) is 7.90. The Balaban J connectivity index is 1.27. The highest BCUT2D eigenvalue weighted by atomic mass is 16.5. The maximum atomic E-state index is 13.6. The van der Waals surface area contributed by atoms with Gasteiger partial charge in [-0.1, -0.05) is 6.07 Å². The summed E-state index contributed by atoms with van der Waals surface area (Å²) in [6, 6.07) is 13.9. The molecule has 0 saturated heterocycles. The summed E-state index contributed by atoms with van der Waals surface area (Å²) in [6.45, 7) is 6.70. The van der Waals surface area contributed by atoms with Crippen LogP contribution in [0.5, 0.6) is 28.7 Å². The lowest BCUT2D eigenvalue weighted by Crippen LogP contribution is -2.34. The lowest BCUT2D eigenvalue weighted by Gasteiger charge is -2.30. The topological polar surface area (TPSA) is 71.4 Å². The molecule has 3 aromatic carbocycles. The minimum Gasteiger partial charge on any atom is -0.497 e. The van der Waals surface area contributed by atoms with E-state index in [0.29, 0.717) is 41.8 Å². The highest BCUT2D eigenvalue weighted by Gasteiger charge is 2.35. The van der Waals surface area contributed by atoms with Crippen molar-refractivity contribution in [1.82, 2.24) is 9.47 Å². The molecule has 3 heterocycles. The number of fused-ring (bicyclic) bond motifs is 4. The molecular formula is C33H34N2O6. The number of aryl methyl sites for hydroxylation is 2. The smallest absolute Gasteiger partial charge is 0.232 e. The summed E-state index contributed by atoms with van der Waals surface area (Å²) in [5, 5.41) is 1.01. The number of nitrogens with zero attached hydrogens (tertiary/aromatic N) is 2. The first kappa shape index (κ1) is 26.8. The Bertz CT molecular complexity index is 1690. The molecule has 0 atom stereocenters. The molecule has 2 aliphatic rings. The number of allylic oxidation sites excluding steroid dienone is 1.